The van der Waals surface area contributed by atoms with Crippen LogP contribution in [0.2, 0.25) is 5.02 Å². The van der Waals surface area contributed by atoms with Crippen LogP contribution in [-0.4, -0.2) is 13.2 Å². The van der Waals surface area contributed by atoms with E-state index in [9.17, 15) is 0 Å². The van der Waals surface area contributed by atoms with Crippen molar-refractivity contribution in [3.05, 3.63) is 71.3 Å². The first-order valence-corrected chi connectivity index (χ1v) is 7.76. The molecule has 0 fully saturated rings. The second kappa shape index (κ2) is 8.50. The van der Waals surface area contributed by atoms with Gasteiger partial charge < -0.3 is 9.47 Å². The van der Waals surface area contributed by atoms with Gasteiger partial charge in [0.15, 0.2) is 0 Å². The van der Waals surface area contributed by atoms with Crippen LogP contribution in [0.5, 0.6) is 11.5 Å². The third kappa shape index (κ3) is 5.82. The second-order valence-corrected chi connectivity index (χ2v) is 5.69. The van der Waals surface area contributed by atoms with Crippen LogP contribution in [0, 0.1) is 0 Å². The van der Waals surface area contributed by atoms with Gasteiger partial charge in [0.1, 0.15) is 11.5 Å². The molecule has 0 aliphatic heterocycles. The van der Waals surface area contributed by atoms with Gasteiger partial charge in [0.25, 0.3) is 0 Å². The molecule has 0 heterocycles. The molecule has 0 aromatic heterocycles. The normalized spacial score (nSPS) is 10.3. The average molecular weight is 317 g/mol. The first-order chi connectivity index (χ1) is 10.6. The lowest BCUT2D eigenvalue weighted by atomic mass is 10.2. The van der Waals surface area contributed by atoms with Crippen LogP contribution < -0.4 is 9.47 Å². The molecule has 0 bridgehead atoms. The van der Waals surface area contributed by atoms with Crippen LogP contribution in [0.4, 0.5) is 0 Å². The SMILES string of the molecule is C=C(C)CCOc1ccc(OCCc2ccc(Cl)cc2)cc1. The van der Waals surface area contributed by atoms with Crippen LogP contribution in [-0.2, 0) is 6.42 Å². The Labute approximate surface area is 137 Å². The molecular weight excluding hydrogens is 296 g/mol. The molecule has 3 heteroatoms. The molecule has 0 saturated carbocycles. The quantitative estimate of drug-likeness (QED) is 0.615. The lowest BCUT2D eigenvalue weighted by Crippen LogP contribution is -2.01. The predicted octanol–water partition coefficient (Wildman–Crippen LogP) is 5.31. The topological polar surface area (TPSA) is 18.5 Å². The van der Waals surface area contributed by atoms with Crippen molar-refractivity contribution < 1.29 is 9.47 Å². The van der Waals surface area contributed by atoms with Crippen molar-refractivity contribution in [2.75, 3.05) is 13.2 Å². The van der Waals surface area contributed by atoms with Crippen molar-refractivity contribution in [1.82, 2.24) is 0 Å². The Morgan fingerprint density at radius 1 is 0.909 bits per heavy atom. The molecule has 22 heavy (non-hydrogen) atoms. The van der Waals surface area contributed by atoms with Gasteiger partial charge in [-0.15, -0.1) is 6.58 Å². The highest BCUT2D eigenvalue weighted by molar-refractivity contribution is 6.30. The molecule has 2 aromatic carbocycles. The van der Waals surface area contributed by atoms with Crippen LogP contribution in [0.3, 0.4) is 0 Å². The second-order valence-electron chi connectivity index (χ2n) is 5.25. The predicted molar refractivity (Wildman–Crippen MR) is 92.0 cm³/mol. The smallest absolute Gasteiger partial charge is 0.119 e. The van der Waals surface area contributed by atoms with E-state index in [1.807, 2.05) is 55.5 Å². The average Bonchev–Trinajstić information content (AvgIpc) is 2.50. The number of hydrogen-bond donors (Lipinski definition) is 0. The Morgan fingerprint density at radius 3 is 2.00 bits per heavy atom. The maximum atomic E-state index is 5.86. The lowest BCUT2D eigenvalue weighted by molar-refractivity contribution is 0.313. The first-order valence-electron chi connectivity index (χ1n) is 7.38. The Kier molecular flexibility index (Phi) is 6.35. The summed E-state index contributed by atoms with van der Waals surface area (Å²) in [6.07, 6.45) is 1.73. The summed E-state index contributed by atoms with van der Waals surface area (Å²) in [6, 6.07) is 15.5. The number of benzene rings is 2. The van der Waals surface area contributed by atoms with E-state index in [0.29, 0.717) is 13.2 Å². The van der Waals surface area contributed by atoms with Gasteiger partial charge in [0.2, 0.25) is 0 Å². The van der Waals surface area contributed by atoms with Crippen molar-refractivity contribution in [1.29, 1.82) is 0 Å². The van der Waals surface area contributed by atoms with Crippen molar-refractivity contribution >= 4 is 11.6 Å². The Bertz CT molecular complexity index is 588. The minimum absolute atomic E-state index is 0.636. The van der Waals surface area contributed by atoms with Crippen LogP contribution in [0.1, 0.15) is 18.9 Å². The van der Waals surface area contributed by atoms with Gasteiger partial charge in [-0.25, -0.2) is 0 Å². The zero-order valence-corrected chi connectivity index (χ0v) is 13.6. The fraction of sp³-hybridized carbons (Fsp3) is 0.263. The van der Waals surface area contributed by atoms with Crippen molar-refractivity contribution in [2.45, 2.75) is 19.8 Å². The van der Waals surface area contributed by atoms with Crippen molar-refractivity contribution in [3.63, 3.8) is 0 Å². The standard InChI is InChI=1S/C19H21ClO2/c1-15(2)11-13-21-18-7-9-19(10-8-18)22-14-12-16-3-5-17(20)6-4-16/h3-10H,1,11-14H2,2H3. The molecule has 0 aliphatic carbocycles. The third-order valence-electron chi connectivity index (χ3n) is 3.19. The summed E-state index contributed by atoms with van der Waals surface area (Å²) in [5.41, 5.74) is 2.34. The van der Waals surface area contributed by atoms with E-state index in [4.69, 9.17) is 21.1 Å². The largest absolute Gasteiger partial charge is 0.493 e. The van der Waals surface area contributed by atoms with Crippen LogP contribution in [0.15, 0.2) is 60.7 Å². The molecule has 0 radical (unpaired) electrons. The minimum Gasteiger partial charge on any atom is -0.493 e. The molecule has 2 nitrogen and oxygen atoms in total. The molecule has 0 atom stereocenters. The number of ether oxygens (including phenoxy) is 2. The van der Waals surface area contributed by atoms with Gasteiger partial charge in [-0.2, -0.15) is 0 Å². The van der Waals surface area contributed by atoms with E-state index < -0.39 is 0 Å². The molecule has 2 aromatic rings. The highest BCUT2D eigenvalue weighted by Gasteiger charge is 1.98. The summed E-state index contributed by atoms with van der Waals surface area (Å²) in [6.45, 7) is 7.15. The Balaban J connectivity index is 1.74. The molecule has 0 aliphatic rings. The summed E-state index contributed by atoms with van der Waals surface area (Å²) in [5, 5.41) is 0.756. The minimum atomic E-state index is 0.636. The van der Waals surface area contributed by atoms with Crippen LogP contribution >= 0.6 is 11.6 Å². The fourth-order valence-corrected chi connectivity index (χ4v) is 2.04. The summed E-state index contributed by atoms with van der Waals surface area (Å²) < 4.78 is 11.4. The fourth-order valence-electron chi connectivity index (χ4n) is 1.91. The summed E-state index contributed by atoms with van der Waals surface area (Å²) >= 11 is 5.86. The monoisotopic (exact) mass is 316 g/mol. The van der Waals surface area contributed by atoms with E-state index in [0.717, 1.165) is 34.9 Å². The molecule has 0 spiro atoms. The number of halogens is 1. The molecule has 0 saturated heterocycles. The van der Waals surface area contributed by atoms with E-state index in [2.05, 4.69) is 6.58 Å². The molecule has 2 rings (SSSR count). The third-order valence-corrected chi connectivity index (χ3v) is 3.45. The van der Waals surface area contributed by atoms with Gasteiger partial charge in [-0.05, 0) is 48.9 Å². The van der Waals surface area contributed by atoms with E-state index in [1.165, 1.54) is 5.56 Å². The summed E-state index contributed by atoms with van der Waals surface area (Å²) in [7, 11) is 0. The molecule has 0 N–H and O–H groups in total. The maximum Gasteiger partial charge on any atom is 0.119 e. The van der Waals surface area contributed by atoms with E-state index in [1.54, 1.807) is 0 Å². The van der Waals surface area contributed by atoms with Crippen LogP contribution in [0.25, 0.3) is 0 Å². The first kappa shape index (κ1) is 16.4. The molecular formula is C19H21ClO2. The zero-order chi connectivity index (χ0) is 15.8. The Hall–Kier alpha value is -1.93. The Morgan fingerprint density at radius 2 is 1.45 bits per heavy atom. The van der Waals surface area contributed by atoms with Gasteiger partial charge in [0, 0.05) is 17.9 Å². The maximum absolute atomic E-state index is 5.86. The number of rotatable bonds is 8. The zero-order valence-electron chi connectivity index (χ0n) is 12.8. The molecule has 0 amide bonds. The van der Waals surface area contributed by atoms with Crippen molar-refractivity contribution in [3.8, 4) is 11.5 Å². The highest BCUT2D eigenvalue weighted by atomic mass is 35.5. The van der Waals surface area contributed by atoms with E-state index >= 15 is 0 Å². The van der Waals surface area contributed by atoms with E-state index in [-0.39, 0.29) is 0 Å². The summed E-state index contributed by atoms with van der Waals surface area (Å²) in [5.74, 6) is 1.70. The van der Waals surface area contributed by atoms with Gasteiger partial charge >= 0.3 is 0 Å². The number of hydrogen-bond acceptors (Lipinski definition) is 2. The van der Waals surface area contributed by atoms with Gasteiger partial charge in [-0.1, -0.05) is 29.3 Å². The molecule has 0 unspecified atom stereocenters. The van der Waals surface area contributed by atoms with Gasteiger partial charge in [-0.3, -0.25) is 0 Å². The summed E-state index contributed by atoms with van der Waals surface area (Å²) in [4.78, 5) is 0. The highest BCUT2D eigenvalue weighted by Crippen LogP contribution is 2.18. The van der Waals surface area contributed by atoms with Crippen molar-refractivity contribution in [2.24, 2.45) is 0 Å². The van der Waals surface area contributed by atoms with Gasteiger partial charge in [0.05, 0.1) is 13.2 Å². The lowest BCUT2D eigenvalue weighted by Gasteiger charge is -2.09. The molecule has 116 valence electrons.